The van der Waals surface area contributed by atoms with Gasteiger partial charge in [-0.1, -0.05) is 0 Å². The van der Waals surface area contributed by atoms with Crippen molar-refractivity contribution < 1.29 is 19.2 Å². The normalized spacial score (nSPS) is 13.4. The molecule has 0 spiro atoms. The maximum atomic E-state index is 12.4. The number of allylic oxidation sites excluding steroid dienone is 2. The Kier molecular flexibility index (Phi) is 4.53. The molecule has 0 bridgehead atoms. The van der Waals surface area contributed by atoms with E-state index in [4.69, 9.17) is 4.84 Å². The minimum absolute atomic E-state index is 0.0846. The van der Waals surface area contributed by atoms with Gasteiger partial charge in [-0.2, -0.15) is 5.06 Å². The van der Waals surface area contributed by atoms with Gasteiger partial charge in [0.2, 0.25) is 0 Å². The number of carbonyl (C=O) groups is 1. The van der Waals surface area contributed by atoms with Crippen molar-refractivity contribution in [2.45, 2.75) is 19.8 Å². The summed E-state index contributed by atoms with van der Waals surface area (Å²) in [5.41, 5.74) is 2.53. The van der Waals surface area contributed by atoms with Crippen molar-refractivity contribution in [2.75, 3.05) is 0 Å². The highest BCUT2D eigenvalue weighted by Crippen LogP contribution is 2.28. The van der Waals surface area contributed by atoms with Gasteiger partial charge in [0, 0.05) is 25.2 Å². The maximum absolute atomic E-state index is 12.4. The summed E-state index contributed by atoms with van der Waals surface area (Å²) in [5.74, 6) is 2.62. The second-order valence-corrected chi connectivity index (χ2v) is 5.42. The smallest absolute Gasteiger partial charge is 0.330 e. The van der Waals surface area contributed by atoms with Gasteiger partial charge in [-0.05, 0) is 36.8 Å². The number of hydrogen-bond acceptors (Lipinski definition) is 7. The second-order valence-electron chi connectivity index (χ2n) is 5.42. The van der Waals surface area contributed by atoms with Crippen molar-refractivity contribution in [3.8, 4) is 11.4 Å². The van der Waals surface area contributed by atoms with E-state index in [1.54, 1.807) is 18.1 Å². The Morgan fingerprint density at radius 1 is 1.04 bits per heavy atom. The second kappa shape index (κ2) is 6.93. The molecular formula is C18H13N3O4. The minimum Gasteiger partial charge on any atom is -0.330 e. The Labute approximate surface area is 143 Å². The first-order valence-corrected chi connectivity index (χ1v) is 7.52. The molecule has 124 valence electrons. The highest BCUT2D eigenvalue weighted by molar-refractivity contribution is 5.90. The largest absolute Gasteiger partial charge is 0.363 e. The van der Waals surface area contributed by atoms with Gasteiger partial charge < -0.3 is 4.84 Å². The lowest BCUT2D eigenvalue weighted by Gasteiger charge is -2.16. The first-order chi connectivity index (χ1) is 12.1. The zero-order valence-corrected chi connectivity index (χ0v) is 13.4. The predicted molar refractivity (Wildman–Crippen MR) is 87.1 cm³/mol. The summed E-state index contributed by atoms with van der Waals surface area (Å²) in [5, 5.41) is 0.896. The van der Waals surface area contributed by atoms with Gasteiger partial charge in [-0.3, -0.25) is 9.97 Å². The fraction of sp³-hybridized carbons (Fsp3) is 0.167. The van der Waals surface area contributed by atoms with Gasteiger partial charge in [0.25, 0.3) is 0 Å². The van der Waals surface area contributed by atoms with Crippen molar-refractivity contribution in [2.24, 2.45) is 0 Å². The van der Waals surface area contributed by atoms with Crippen LogP contribution < -0.4 is 0 Å². The van der Waals surface area contributed by atoms with Crippen LogP contribution in [0.4, 0.5) is 0 Å². The molecular weight excluding hydrogens is 322 g/mol. The topological polar surface area (TPSA) is 89.5 Å². The van der Waals surface area contributed by atoms with Crippen LogP contribution in [0, 0.1) is 6.92 Å². The molecule has 0 unspecified atom stereocenters. The van der Waals surface area contributed by atoms with E-state index < -0.39 is 5.97 Å². The number of carbonyl (C=O) groups excluding carboxylic acids is 3. The molecule has 25 heavy (non-hydrogen) atoms. The number of aromatic nitrogens is 2. The summed E-state index contributed by atoms with van der Waals surface area (Å²) < 4.78 is 0. The molecule has 1 aliphatic heterocycles. The first kappa shape index (κ1) is 16.3. The van der Waals surface area contributed by atoms with Crippen molar-refractivity contribution in [3.63, 3.8) is 0 Å². The van der Waals surface area contributed by atoms with E-state index in [2.05, 4.69) is 9.97 Å². The average Bonchev–Trinajstić information content (AvgIpc) is 3.03. The molecule has 0 saturated carbocycles. The van der Waals surface area contributed by atoms with Crippen molar-refractivity contribution >= 4 is 17.9 Å². The van der Waals surface area contributed by atoms with Crippen molar-refractivity contribution in [3.05, 3.63) is 59.2 Å². The molecule has 1 saturated heterocycles. The quantitative estimate of drug-likeness (QED) is 0.793. The van der Waals surface area contributed by atoms with Gasteiger partial charge in [-0.15, -0.1) is 0 Å². The summed E-state index contributed by atoms with van der Waals surface area (Å²) in [6.07, 6.45) is 3.67. The number of rotatable bonds is 3. The van der Waals surface area contributed by atoms with Crippen molar-refractivity contribution in [1.82, 2.24) is 15.0 Å². The van der Waals surface area contributed by atoms with Crippen molar-refractivity contribution in [1.29, 1.82) is 0 Å². The molecule has 0 aromatic carbocycles. The van der Waals surface area contributed by atoms with Crippen LogP contribution in [0.3, 0.4) is 0 Å². The highest BCUT2D eigenvalue weighted by atomic mass is 16.7. The SMILES string of the molecule is Cc1ccnc(-c2cc(C(=O)ON3C(=C=O)CCC3=C=O)ccn2)c1. The molecule has 2 aromatic rings. The number of hydroxylamine groups is 2. The van der Waals surface area contributed by atoms with Crippen LogP contribution >= 0.6 is 0 Å². The Balaban J connectivity index is 1.87. The molecule has 1 fully saturated rings. The molecule has 3 heterocycles. The molecule has 3 rings (SSSR count). The molecule has 0 atom stereocenters. The van der Waals surface area contributed by atoms with Crippen LogP contribution in [0.1, 0.15) is 28.8 Å². The maximum Gasteiger partial charge on any atom is 0.363 e. The highest BCUT2D eigenvalue weighted by Gasteiger charge is 2.29. The number of pyridine rings is 2. The summed E-state index contributed by atoms with van der Waals surface area (Å²) in [7, 11) is 0. The lowest BCUT2D eigenvalue weighted by molar-refractivity contribution is -0.0511. The van der Waals surface area contributed by atoms with Crippen LogP contribution in [-0.4, -0.2) is 32.9 Å². The summed E-state index contributed by atoms with van der Waals surface area (Å²) >= 11 is 0. The van der Waals surface area contributed by atoms with Crippen LogP contribution in [0.15, 0.2) is 48.1 Å². The van der Waals surface area contributed by atoms with Crippen LogP contribution in [0.5, 0.6) is 0 Å². The van der Waals surface area contributed by atoms with E-state index in [1.807, 2.05) is 19.1 Å². The Hall–Kier alpha value is -3.53. The molecule has 0 amide bonds. The molecule has 0 radical (unpaired) electrons. The summed E-state index contributed by atoms with van der Waals surface area (Å²) in [6, 6.07) is 6.72. The van der Waals surface area contributed by atoms with E-state index in [9.17, 15) is 14.4 Å². The summed E-state index contributed by atoms with van der Waals surface area (Å²) in [4.78, 5) is 47.8. The molecule has 2 aromatic heterocycles. The molecule has 0 N–H and O–H groups in total. The molecule has 7 nitrogen and oxygen atoms in total. The van der Waals surface area contributed by atoms with E-state index in [1.165, 1.54) is 18.3 Å². The Morgan fingerprint density at radius 2 is 1.64 bits per heavy atom. The average molecular weight is 335 g/mol. The number of aryl methyl sites for hydroxylation is 1. The number of nitrogens with zero attached hydrogens (tertiary/aromatic N) is 3. The third kappa shape index (κ3) is 3.38. The lowest BCUT2D eigenvalue weighted by atomic mass is 10.1. The van der Waals surface area contributed by atoms with E-state index in [0.29, 0.717) is 11.4 Å². The van der Waals surface area contributed by atoms with Gasteiger partial charge >= 0.3 is 5.97 Å². The van der Waals surface area contributed by atoms with Gasteiger partial charge in [0.05, 0.1) is 17.0 Å². The van der Waals surface area contributed by atoms with Crippen LogP contribution in [0.25, 0.3) is 11.4 Å². The monoisotopic (exact) mass is 335 g/mol. The fourth-order valence-electron chi connectivity index (χ4n) is 2.41. The standard InChI is InChI=1S/C18H13N3O4/c1-12-4-6-19-16(8-12)17-9-13(5-7-20-17)18(24)25-21-14(10-22)2-3-15(21)11-23/h4-9H,2-3H2,1H3. The van der Waals surface area contributed by atoms with Gasteiger partial charge in [-0.25, -0.2) is 14.4 Å². The Bertz CT molecular complexity index is 915. The van der Waals surface area contributed by atoms with Crippen LogP contribution in [-0.2, 0) is 14.4 Å². The molecule has 0 aliphatic carbocycles. The molecule has 1 aliphatic rings. The van der Waals surface area contributed by atoms with E-state index >= 15 is 0 Å². The van der Waals surface area contributed by atoms with Gasteiger partial charge in [0.15, 0.2) is 0 Å². The lowest BCUT2D eigenvalue weighted by Crippen LogP contribution is -2.22. The van der Waals surface area contributed by atoms with E-state index in [-0.39, 0.29) is 29.8 Å². The third-order valence-corrected chi connectivity index (χ3v) is 3.67. The number of hydrogen-bond donors (Lipinski definition) is 0. The predicted octanol–water partition coefficient (Wildman–Crippen LogP) is 2.05. The zero-order valence-electron chi connectivity index (χ0n) is 13.4. The van der Waals surface area contributed by atoms with Crippen LogP contribution in [0.2, 0.25) is 0 Å². The Morgan fingerprint density at radius 3 is 2.24 bits per heavy atom. The molecule has 7 heteroatoms. The fourth-order valence-corrected chi connectivity index (χ4v) is 2.41. The summed E-state index contributed by atoms with van der Waals surface area (Å²) in [6.45, 7) is 1.93. The minimum atomic E-state index is -0.723. The zero-order chi connectivity index (χ0) is 17.8. The van der Waals surface area contributed by atoms with E-state index in [0.717, 1.165) is 10.6 Å². The van der Waals surface area contributed by atoms with Gasteiger partial charge in [0.1, 0.15) is 23.3 Å². The first-order valence-electron chi connectivity index (χ1n) is 7.52. The third-order valence-electron chi connectivity index (χ3n) is 3.67.